The Hall–Kier alpha value is -1.94. The number of H-pyrrole nitrogens is 1. The minimum Gasteiger partial charge on any atom is -0.348 e. The molecule has 0 aromatic carbocycles. The summed E-state index contributed by atoms with van der Waals surface area (Å²) in [6, 6.07) is -0.843. The zero-order valence-electron chi connectivity index (χ0n) is 14.3. The maximum atomic E-state index is 12.4. The lowest BCUT2D eigenvalue weighted by atomic mass is 10.1. The number of carbonyl (C=O) groups is 1. The highest BCUT2D eigenvalue weighted by Gasteiger charge is 2.26. The Morgan fingerprint density at radius 2 is 1.96 bits per heavy atom. The van der Waals surface area contributed by atoms with E-state index in [4.69, 9.17) is 0 Å². The fourth-order valence-corrected chi connectivity index (χ4v) is 3.42. The fourth-order valence-electron chi connectivity index (χ4n) is 2.67. The predicted octanol–water partition coefficient (Wildman–Crippen LogP) is -1.30. The highest BCUT2D eigenvalue weighted by molar-refractivity contribution is 7.88. The molecule has 1 aliphatic heterocycles. The molecule has 0 aliphatic carbocycles. The third-order valence-corrected chi connectivity index (χ3v) is 4.62. The second-order valence-corrected chi connectivity index (χ2v) is 7.93. The van der Waals surface area contributed by atoms with Gasteiger partial charge in [0.2, 0.25) is 21.9 Å². The van der Waals surface area contributed by atoms with Crippen LogP contribution in [0.3, 0.4) is 0 Å². The van der Waals surface area contributed by atoms with Gasteiger partial charge in [-0.15, -0.1) is 0 Å². The number of aromatic amines is 1. The van der Waals surface area contributed by atoms with Gasteiger partial charge in [-0.2, -0.15) is 0 Å². The van der Waals surface area contributed by atoms with E-state index in [1.807, 2.05) is 0 Å². The van der Waals surface area contributed by atoms with Crippen molar-refractivity contribution >= 4 is 21.9 Å². The Morgan fingerprint density at radius 3 is 2.54 bits per heavy atom. The van der Waals surface area contributed by atoms with E-state index in [1.54, 1.807) is 23.9 Å². The minimum absolute atomic E-state index is 0.194. The number of rotatable bonds is 4. The van der Waals surface area contributed by atoms with E-state index in [1.165, 1.54) is 6.92 Å². The molecule has 1 amide bonds. The number of carbonyl (C=O) groups excluding carboxylic acids is 1. The van der Waals surface area contributed by atoms with Crippen LogP contribution in [0, 0.1) is 0 Å². The summed E-state index contributed by atoms with van der Waals surface area (Å²) in [6.45, 7) is 2.26. The maximum absolute atomic E-state index is 12.4. The molecular formula is C14H23N5O4S. The molecule has 0 fully saturated rings. The molecule has 0 spiro atoms. The summed E-state index contributed by atoms with van der Waals surface area (Å²) in [5, 5.41) is 0. The molecular weight excluding hydrogens is 334 g/mol. The first kappa shape index (κ1) is 18.4. The summed E-state index contributed by atoms with van der Waals surface area (Å²) in [6.07, 6.45) is 1.86. The molecule has 0 saturated heterocycles. The number of amides is 1. The summed E-state index contributed by atoms with van der Waals surface area (Å²) in [4.78, 5) is 35.1. The van der Waals surface area contributed by atoms with Crippen LogP contribution < -0.4 is 15.2 Å². The normalized spacial score (nSPS) is 16.2. The Morgan fingerprint density at radius 1 is 1.33 bits per heavy atom. The molecule has 2 rings (SSSR count). The van der Waals surface area contributed by atoms with E-state index in [0.29, 0.717) is 43.1 Å². The molecule has 1 aliphatic rings. The molecule has 0 saturated carbocycles. The first-order valence-corrected chi connectivity index (χ1v) is 9.53. The molecule has 10 heteroatoms. The van der Waals surface area contributed by atoms with Crippen LogP contribution in [-0.2, 0) is 27.7 Å². The Labute approximate surface area is 141 Å². The predicted molar refractivity (Wildman–Crippen MR) is 90.6 cm³/mol. The van der Waals surface area contributed by atoms with Crippen LogP contribution in [0.5, 0.6) is 0 Å². The molecule has 2 heterocycles. The lowest BCUT2D eigenvalue weighted by Gasteiger charge is -2.24. The van der Waals surface area contributed by atoms with Crippen LogP contribution >= 0.6 is 0 Å². The number of sulfonamides is 1. The standard InChI is InChI=1S/C14H23N5O4S/c1-9(17-24(4,22)23)13(21)19-7-5-10-11(6-8-19)15-14(18(2)3)16-12(10)20/h9,17H,5-8H2,1-4H3,(H,15,16,20)/t9-/m1/s1. The number of fused-ring (bicyclic) bond motifs is 1. The van der Waals surface area contributed by atoms with Gasteiger partial charge in [-0.05, 0) is 13.3 Å². The van der Waals surface area contributed by atoms with Crippen molar-refractivity contribution in [2.24, 2.45) is 0 Å². The monoisotopic (exact) mass is 357 g/mol. The number of nitrogens with zero attached hydrogens (tertiary/aromatic N) is 3. The van der Waals surface area contributed by atoms with Crippen molar-refractivity contribution in [2.45, 2.75) is 25.8 Å². The first-order chi connectivity index (χ1) is 11.1. The van der Waals surface area contributed by atoms with Gasteiger partial charge in [0.05, 0.1) is 18.0 Å². The molecule has 0 bridgehead atoms. The number of hydrogen-bond acceptors (Lipinski definition) is 6. The number of anilines is 1. The van der Waals surface area contributed by atoms with E-state index >= 15 is 0 Å². The second kappa shape index (κ2) is 6.89. The summed E-state index contributed by atoms with van der Waals surface area (Å²) in [5.74, 6) is 0.170. The van der Waals surface area contributed by atoms with Gasteiger partial charge in [0.25, 0.3) is 5.56 Å². The van der Waals surface area contributed by atoms with Gasteiger partial charge in [0, 0.05) is 39.2 Å². The molecule has 134 valence electrons. The second-order valence-electron chi connectivity index (χ2n) is 6.15. The number of aromatic nitrogens is 2. The number of nitrogens with one attached hydrogen (secondary N) is 2. The van der Waals surface area contributed by atoms with Crippen LogP contribution in [0.25, 0.3) is 0 Å². The third kappa shape index (κ3) is 4.32. The maximum Gasteiger partial charge on any atom is 0.255 e. The van der Waals surface area contributed by atoms with Gasteiger partial charge in [-0.3, -0.25) is 14.6 Å². The molecule has 0 unspecified atom stereocenters. The van der Waals surface area contributed by atoms with Crippen molar-refractivity contribution < 1.29 is 13.2 Å². The van der Waals surface area contributed by atoms with Gasteiger partial charge in [0.1, 0.15) is 0 Å². The third-order valence-electron chi connectivity index (χ3n) is 3.84. The highest BCUT2D eigenvalue weighted by atomic mass is 32.2. The van der Waals surface area contributed by atoms with E-state index in [2.05, 4.69) is 14.7 Å². The topological polar surface area (TPSA) is 115 Å². The molecule has 1 aromatic rings. The average molecular weight is 357 g/mol. The summed E-state index contributed by atoms with van der Waals surface area (Å²) < 4.78 is 24.8. The molecule has 1 atom stereocenters. The lowest BCUT2D eigenvalue weighted by Crippen LogP contribution is -2.47. The van der Waals surface area contributed by atoms with Gasteiger partial charge < -0.3 is 9.80 Å². The smallest absolute Gasteiger partial charge is 0.255 e. The average Bonchev–Trinajstić information content (AvgIpc) is 2.67. The Bertz CT molecular complexity index is 787. The van der Waals surface area contributed by atoms with Crippen molar-refractivity contribution in [3.8, 4) is 0 Å². The molecule has 0 radical (unpaired) electrons. The van der Waals surface area contributed by atoms with Gasteiger partial charge in [-0.25, -0.2) is 18.1 Å². The van der Waals surface area contributed by atoms with Crippen LogP contribution in [0.2, 0.25) is 0 Å². The van der Waals surface area contributed by atoms with Gasteiger partial charge in [-0.1, -0.05) is 0 Å². The zero-order chi connectivity index (χ0) is 18.1. The van der Waals surface area contributed by atoms with Crippen LogP contribution in [0.4, 0.5) is 5.95 Å². The van der Waals surface area contributed by atoms with Crippen LogP contribution in [0.15, 0.2) is 4.79 Å². The van der Waals surface area contributed by atoms with E-state index in [9.17, 15) is 18.0 Å². The lowest BCUT2D eigenvalue weighted by molar-refractivity contribution is -0.132. The van der Waals surface area contributed by atoms with Crippen molar-refractivity contribution in [2.75, 3.05) is 38.3 Å². The van der Waals surface area contributed by atoms with E-state index in [0.717, 1.165) is 6.26 Å². The zero-order valence-corrected chi connectivity index (χ0v) is 15.1. The van der Waals surface area contributed by atoms with Gasteiger partial charge >= 0.3 is 0 Å². The summed E-state index contributed by atoms with van der Waals surface area (Å²) in [7, 11) is 0.113. The van der Waals surface area contributed by atoms with E-state index < -0.39 is 16.1 Å². The summed E-state index contributed by atoms with van der Waals surface area (Å²) in [5.41, 5.74) is 1.07. The van der Waals surface area contributed by atoms with Crippen molar-refractivity contribution in [1.29, 1.82) is 0 Å². The van der Waals surface area contributed by atoms with Gasteiger partial charge in [0.15, 0.2) is 0 Å². The van der Waals surface area contributed by atoms with Crippen LogP contribution in [-0.4, -0.2) is 68.7 Å². The SMILES string of the molecule is C[C@@H](NS(C)(=O)=O)C(=O)N1CCc2nc(N(C)C)[nH]c(=O)c2CC1. The molecule has 24 heavy (non-hydrogen) atoms. The number of hydrogen-bond donors (Lipinski definition) is 2. The Balaban J connectivity index is 2.17. The van der Waals surface area contributed by atoms with Crippen LogP contribution in [0.1, 0.15) is 18.2 Å². The quantitative estimate of drug-likeness (QED) is 0.692. The van der Waals surface area contributed by atoms with E-state index in [-0.39, 0.29) is 11.5 Å². The first-order valence-electron chi connectivity index (χ1n) is 7.64. The largest absolute Gasteiger partial charge is 0.348 e. The highest BCUT2D eigenvalue weighted by Crippen LogP contribution is 2.13. The summed E-state index contributed by atoms with van der Waals surface area (Å²) >= 11 is 0. The fraction of sp³-hybridized carbons (Fsp3) is 0.643. The molecule has 2 N–H and O–H groups in total. The Kier molecular flexibility index (Phi) is 5.29. The molecule has 1 aromatic heterocycles. The minimum atomic E-state index is -3.46. The van der Waals surface area contributed by atoms with Crippen molar-refractivity contribution in [3.63, 3.8) is 0 Å². The van der Waals surface area contributed by atoms with Crippen molar-refractivity contribution in [3.05, 3.63) is 21.6 Å². The van der Waals surface area contributed by atoms with Crippen molar-refractivity contribution in [1.82, 2.24) is 19.6 Å². The molecule has 9 nitrogen and oxygen atoms in total.